The number of aromatic nitrogens is 1. The molecule has 22 heavy (non-hydrogen) atoms. The Labute approximate surface area is 132 Å². The zero-order valence-electron chi connectivity index (χ0n) is 12.2. The van der Waals surface area contributed by atoms with Crippen LogP contribution >= 0.6 is 11.8 Å². The summed E-state index contributed by atoms with van der Waals surface area (Å²) in [6.07, 6.45) is 3.29. The Morgan fingerprint density at radius 1 is 1.36 bits per heavy atom. The number of aromatic carboxylic acids is 1. The number of thioether (sulfide) groups is 1. The number of nitrogens with zero attached hydrogens (tertiary/aromatic N) is 2. The molecule has 118 valence electrons. The molecule has 1 N–H and O–H groups in total. The number of amides is 1. The van der Waals surface area contributed by atoms with Crippen LogP contribution in [0.5, 0.6) is 0 Å². The van der Waals surface area contributed by atoms with Crippen LogP contribution in [0, 0.1) is 0 Å². The first-order valence-electron chi connectivity index (χ1n) is 7.30. The summed E-state index contributed by atoms with van der Waals surface area (Å²) >= 11 is 1.93. The van der Waals surface area contributed by atoms with Crippen molar-refractivity contribution < 1.29 is 19.4 Å². The molecule has 7 heteroatoms. The van der Waals surface area contributed by atoms with Gasteiger partial charge in [-0.2, -0.15) is 11.8 Å². The molecular weight excluding hydrogens is 304 g/mol. The van der Waals surface area contributed by atoms with E-state index in [1.165, 1.54) is 12.3 Å². The van der Waals surface area contributed by atoms with Crippen molar-refractivity contribution in [3.63, 3.8) is 0 Å². The van der Waals surface area contributed by atoms with Crippen LogP contribution in [-0.4, -0.2) is 63.7 Å². The zero-order valence-corrected chi connectivity index (χ0v) is 13.0. The van der Waals surface area contributed by atoms with Crippen LogP contribution in [0.3, 0.4) is 0 Å². The van der Waals surface area contributed by atoms with Crippen molar-refractivity contribution in [3.05, 3.63) is 29.6 Å². The smallest absolute Gasteiger partial charge is 0.354 e. The van der Waals surface area contributed by atoms with Crippen LogP contribution in [0.4, 0.5) is 0 Å². The van der Waals surface area contributed by atoms with Gasteiger partial charge in [0, 0.05) is 48.6 Å². The van der Waals surface area contributed by atoms with Gasteiger partial charge in [0.25, 0.3) is 5.91 Å². The number of pyridine rings is 1. The van der Waals surface area contributed by atoms with Gasteiger partial charge in [0.05, 0.1) is 0 Å². The van der Waals surface area contributed by atoms with Gasteiger partial charge in [-0.3, -0.25) is 4.79 Å². The second-order valence-electron chi connectivity index (χ2n) is 5.61. The van der Waals surface area contributed by atoms with Crippen LogP contribution in [0.25, 0.3) is 0 Å². The summed E-state index contributed by atoms with van der Waals surface area (Å²) in [5, 5.41) is 9.00. The van der Waals surface area contributed by atoms with E-state index in [2.05, 4.69) is 4.98 Å². The molecule has 0 atom stereocenters. The standard InChI is InChI=1S/C15H18N2O4S/c18-13(11-1-4-16-12(9-11)14(19)20)17-5-8-22-15(10-17)2-6-21-7-3-15/h1,4,9H,2-3,5-8,10H2,(H,19,20). The zero-order chi connectivity index (χ0) is 15.6. The average molecular weight is 322 g/mol. The number of carbonyl (C=O) groups is 2. The Bertz CT molecular complexity index is 581. The second-order valence-corrected chi connectivity index (χ2v) is 7.17. The van der Waals surface area contributed by atoms with E-state index in [1.54, 1.807) is 6.07 Å². The molecule has 3 heterocycles. The van der Waals surface area contributed by atoms with E-state index in [0.717, 1.165) is 31.8 Å². The molecule has 0 aliphatic carbocycles. The van der Waals surface area contributed by atoms with E-state index in [1.807, 2.05) is 16.7 Å². The predicted molar refractivity (Wildman–Crippen MR) is 82.3 cm³/mol. The first kappa shape index (κ1) is 15.3. The Morgan fingerprint density at radius 3 is 2.86 bits per heavy atom. The molecule has 6 nitrogen and oxygen atoms in total. The minimum atomic E-state index is -1.12. The van der Waals surface area contributed by atoms with Gasteiger partial charge < -0.3 is 14.7 Å². The van der Waals surface area contributed by atoms with Crippen LogP contribution in [0.15, 0.2) is 18.3 Å². The molecular formula is C15H18N2O4S. The molecule has 0 saturated carbocycles. The summed E-state index contributed by atoms with van der Waals surface area (Å²) in [5.41, 5.74) is 0.291. The maximum Gasteiger partial charge on any atom is 0.354 e. The van der Waals surface area contributed by atoms with Crippen molar-refractivity contribution in [2.45, 2.75) is 17.6 Å². The van der Waals surface area contributed by atoms with Gasteiger partial charge in [0.15, 0.2) is 0 Å². The van der Waals surface area contributed by atoms with Gasteiger partial charge >= 0.3 is 5.97 Å². The molecule has 3 rings (SSSR count). The quantitative estimate of drug-likeness (QED) is 0.889. The van der Waals surface area contributed by atoms with Gasteiger partial charge in [0.1, 0.15) is 5.69 Å². The number of hydrogen-bond acceptors (Lipinski definition) is 5. The molecule has 1 spiro atoms. The number of carboxylic acids is 1. The lowest BCUT2D eigenvalue weighted by Crippen LogP contribution is -2.51. The highest BCUT2D eigenvalue weighted by Crippen LogP contribution is 2.39. The molecule has 0 unspecified atom stereocenters. The summed E-state index contributed by atoms with van der Waals surface area (Å²) in [4.78, 5) is 29.2. The number of rotatable bonds is 2. The van der Waals surface area contributed by atoms with Crippen molar-refractivity contribution in [1.82, 2.24) is 9.88 Å². The Kier molecular flexibility index (Phi) is 4.35. The molecule has 2 aliphatic heterocycles. The van der Waals surface area contributed by atoms with Gasteiger partial charge in [-0.25, -0.2) is 9.78 Å². The summed E-state index contributed by atoms with van der Waals surface area (Å²) in [5.74, 6) is -0.330. The van der Waals surface area contributed by atoms with Gasteiger partial charge in [-0.15, -0.1) is 0 Å². The lowest BCUT2D eigenvalue weighted by atomic mass is 9.97. The van der Waals surface area contributed by atoms with Gasteiger partial charge in [0.2, 0.25) is 0 Å². The van der Waals surface area contributed by atoms with E-state index >= 15 is 0 Å². The fraction of sp³-hybridized carbons (Fsp3) is 0.533. The number of ether oxygens (including phenoxy) is 1. The SMILES string of the molecule is O=C(O)c1cc(C(=O)N2CCSC3(CCOCC3)C2)ccn1. The molecule has 2 aliphatic rings. The monoisotopic (exact) mass is 322 g/mol. The van der Waals surface area contributed by atoms with E-state index in [0.29, 0.717) is 18.7 Å². The number of hydrogen-bond donors (Lipinski definition) is 1. The number of carbonyl (C=O) groups excluding carboxylic acids is 1. The predicted octanol–water partition coefficient (Wildman–Crippen LogP) is 1.52. The van der Waals surface area contributed by atoms with E-state index < -0.39 is 5.97 Å². The van der Waals surface area contributed by atoms with Crippen molar-refractivity contribution >= 4 is 23.6 Å². The van der Waals surface area contributed by atoms with Gasteiger partial charge in [-0.05, 0) is 25.0 Å². The Morgan fingerprint density at radius 2 is 2.14 bits per heavy atom. The third-order valence-electron chi connectivity index (χ3n) is 4.17. The first-order chi connectivity index (χ1) is 10.6. The van der Waals surface area contributed by atoms with Crippen molar-refractivity contribution in [2.24, 2.45) is 0 Å². The summed E-state index contributed by atoms with van der Waals surface area (Å²) in [7, 11) is 0. The second kappa shape index (κ2) is 6.26. The fourth-order valence-electron chi connectivity index (χ4n) is 2.93. The molecule has 1 aromatic heterocycles. The minimum absolute atomic E-state index is 0.0921. The maximum atomic E-state index is 12.7. The maximum absolute atomic E-state index is 12.7. The van der Waals surface area contributed by atoms with E-state index in [-0.39, 0.29) is 16.3 Å². The van der Waals surface area contributed by atoms with Crippen LogP contribution in [0.2, 0.25) is 0 Å². The molecule has 0 radical (unpaired) electrons. The lowest BCUT2D eigenvalue weighted by Gasteiger charge is -2.44. The molecule has 2 fully saturated rings. The summed E-state index contributed by atoms with van der Waals surface area (Å²) in [6, 6.07) is 2.93. The summed E-state index contributed by atoms with van der Waals surface area (Å²) in [6.45, 7) is 2.88. The average Bonchev–Trinajstić information content (AvgIpc) is 2.55. The molecule has 0 aromatic carbocycles. The highest BCUT2D eigenvalue weighted by Gasteiger charge is 2.39. The van der Waals surface area contributed by atoms with Crippen LogP contribution in [0.1, 0.15) is 33.7 Å². The number of carboxylic acid groups (broad SMARTS) is 1. The molecule has 1 aromatic rings. The Hall–Kier alpha value is -1.60. The third-order valence-corrected chi connectivity index (χ3v) is 5.70. The highest BCUT2D eigenvalue weighted by molar-refractivity contribution is 8.00. The lowest BCUT2D eigenvalue weighted by molar-refractivity contribution is 0.0536. The highest BCUT2D eigenvalue weighted by atomic mass is 32.2. The van der Waals surface area contributed by atoms with Crippen molar-refractivity contribution in [1.29, 1.82) is 0 Å². The molecule has 2 saturated heterocycles. The van der Waals surface area contributed by atoms with Crippen LogP contribution in [-0.2, 0) is 4.74 Å². The normalized spacial score (nSPS) is 20.8. The van der Waals surface area contributed by atoms with Crippen molar-refractivity contribution in [2.75, 3.05) is 32.1 Å². The topological polar surface area (TPSA) is 79.7 Å². The van der Waals surface area contributed by atoms with Crippen LogP contribution < -0.4 is 0 Å². The van der Waals surface area contributed by atoms with E-state index in [4.69, 9.17) is 9.84 Å². The largest absolute Gasteiger partial charge is 0.477 e. The fourth-order valence-corrected chi connectivity index (χ4v) is 4.37. The first-order valence-corrected chi connectivity index (χ1v) is 8.29. The molecule has 0 bridgehead atoms. The molecule has 1 amide bonds. The van der Waals surface area contributed by atoms with Crippen molar-refractivity contribution in [3.8, 4) is 0 Å². The Balaban J connectivity index is 1.76. The summed E-state index contributed by atoms with van der Waals surface area (Å²) < 4.78 is 5.52. The van der Waals surface area contributed by atoms with E-state index in [9.17, 15) is 9.59 Å². The van der Waals surface area contributed by atoms with Gasteiger partial charge in [-0.1, -0.05) is 0 Å². The minimum Gasteiger partial charge on any atom is -0.477 e. The third kappa shape index (κ3) is 3.10.